The lowest BCUT2D eigenvalue weighted by Gasteiger charge is -2.17. The zero-order chi connectivity index (χ0) is 21.2. The van der Waals surface area contributed by atoms with Gasteiger partial charge in [0.1, 0.15) is 17.0 Å². The fraction of sp³-hybridized carbons (Fsp3) is 0.400. The van der Waals surface area contributed by atoms with Crippen molar-refractivity contribution in [1.29, 1.82) is 0 Å². The fourth-order valence-electron chi connectivity index (χ4n) is 3.78. The number of amides is 1. The van der Waals surface area contributed by atoms with Crippen LogP contribution in [0.15, 0.2) is 23.3 Å². The van der Waals surface area contributed by atoms with E-state index in [2.05, 4.69) is 15.1 Å². The van der Waals surface area contributed by atoms with Crippen LogP contribution in [-0.4, -0.2) is 66.4 Å². The number of halogens is 1. The molecule has 2 fully saturated rings. The Hall–Kier alpha value is -2.85. The maximum atomic E-state index is 14.4. The summed E-state index contributed by atoms with van der Waals surface area (Å²) in [4.78, 5) is 22.2. The van der Waals surface area contributed by atoms with E-state index in [0.29, 0.717) is 29.3 Å². The van der Waals surface area contributed by atoms with Crippen LogP contribution in [0.1, 0.15) is 24.0 Å². The van der Waals surface area contributed by atoms with Gasteiger partial charge in [0.2, 0.25) is 5.13 Å². The van der Waals surface area contributed by atoms with Gasteiger partial charge in [0.25, 0.3) is 5.91 Å². The van der Waals surface area contributed by atoms with Gasteiger partial charge in [-0.05, 0) is 43.9 Å². The van der Waals surface area contributed by atoms with E-state index in [1.165, 1.54) is 16.2 Å². The Morgan fingerprint density at radius 3 is 2.80 bits per heavy atom. The van der Waals surface area contributed by atoms with Crippen molar-refractivity contribution in [3.8, 4) is 11.4 Å². The number of phenolic OH excluding ortho intramolecular Hbond substituents is 1. The normalized spacial score (nSPS) is 21.7. The number of aliphatic hydroxyl groups is 1. The minimum atomic E-state index is -1.38. The molecule has 1 aliphatic carbocycles. The second kappa shape index (κ2) is 6.58. The third-order valence-electron chi connectivity index (χ3n) is 5.46. The van der Waals surface area contributed by atoms with Crippen molar-refractivity contribution in [2.45, 2.75) is 38.5 Å². The van der Waals surface area contributed by atoms with Crippen molar-refractivity contribution in [2.24, 2.45) is 4.99 Å². The third kappa shape index (κ3) is 3.16. The van der Waals surface area contributed by atoms with Crippen molar-refractivity contribution in [3.05, 3.63) is 29.5 Å². The number of phenols is 1. The lowest BCUT2D eigenvalue weighted by Crippen LogP contribution is -2.39. The number of aryl methyl sites for hydroxylation is 2. The average Bonchev–Trinajstić information content (AvgIpc) is 2.95. The number of benzene rings is 1. The SMILES string of the molecule is Cc1cc(C)c(-n2cc3sc(N=C4CN(C(=O)C5(O)CC5)C[C@@H]4F)nc3n2)c(O)c1. The highest BCUT2D eigenvalue weighted by atomic mass is 32.1. The number of likely N-dealkylation sites (tertiary alicyclic amines) is 1. The third-order valence-corrected chi connectivity index (χ3v) is 6.34. The molecule has 0 radical (unpaired) electrons. The van der Waals surface area contributed by atoms with Gasteiger partial charge in [-0.15, -0.1) is 5.10 Å². The summed E-state index contributed by atoms with van der Waals surface area (Å²) in [5, 5.41) is 25.1. The second-order valence-corrected chi connectivity index (χ2v) is 9.00. The van der Waals surface area contributed by atoms with E-state index >= 15 is 0 Å². The van der Waals surface area contributed by atoms with E-state index in [4.69, 9.17) is 0 Å². The zero-order valence-corrected chi connectivity index (χ0v) is 17.3. The summed E-state index contributed by atoms with van der Waals surface area (Å²) < 4.78 is 16.7. The molecule has 5 rings (SSSR count). The van der Waals surface area contributed by atoms with Gasteiger partial charge in [0.05, 0.1) is 29.7 Å². The molecule has 2 aliphatic rings. The van der Waals surface area contributed by atoms with Gasteiger partial charge in [-0.1, -0.05) is 17.4 Å². The fourth-order valence-corrected chi connectivity index (χ4v) is 4.60. The summed E-state index contributed by atoms with van der Waals surface area (Å²) in [5.74, 6) is -0.291. The number of thiazole rings is 1. The van der Waals surface area contributed by atoms with Gasteiger partial charge in [0, 0.05) is 0 Å². The van der Waals surface area contributed by atoms with E-state index in [1.807, 2.05) is 19.9 Å². The highest BCUT2D eigenvalue weighted by Crippen LogP contribution is 2.38. The Morgan fingerprint density at radius 1 is 1.37 bits per heavy atom. The van der Waals surface area contributed by atoms with Crippen LogP contribution >= 0.6 is 11.3 Å². The first-order valence-electron chi connectivity index (χ1n) is 9.63. The minimum absolute atomic E-state index is 0.0516. The van der Waals surface area contributed by atoms with Crippen molar-refractivity contribution in [3.63, 3.8) is 0 Å². The number of hydrogen-bond donors (Lipinski definition) is 2. The number of hydrogen-bond acceptors (Lipinski definition) is 7. The van der Waals surface area contributed by atoms with Crippen LogP contribution in [0.25, 0.3) is 16.0 Å². The van der Waals surface area contributed by atoms with Crippen LogP contribution in [0, 0.1) is 13.8 Å². The molecular weight excluding hydrogens is 409 g/mol. The van der Waals surface area contributed by atoms with Crippen molar-refractivity contribution >= 4 is 38.4 Å². The number of aromatic nitrogens is 3. The molecule has 3 aromatic rings. The molecule has 1 saturated heterocycles. The number of rotatable bonds is 3. The van der Waals surface area contributed by atoms with Crippen molar-refractivity contribution in [1.82, 2.24) is 19.7 Å². The number of aliphatic imine (C=N–C) groups is 1. The zero-order valence-electron chi connectivity index (χ0n) is 16.5. The van der Waals surface area contributed by atoms with Crippen LogP contribution in [0.4, 0.5) is 9.52 Å². The molecule has 10 heteroatoms. The summed E-state index contributed by atoms with van der Waals surface area (Å²) in [5.41, 5.74) is 1.80. The maximum Gasteiger partial charge on any atom is 0.254 e. The molecule has 1 aromatic carbocycles. The Balaban J connectivity index is 1.40. The van der Waals surface area contributed by atoms with Gasteiger partial charge < -0.3 is 15.1 Å². The summed E-state index contributed by atoms with van der Waals surface area (Å²) in [6.45, 7) is 3.76. The quantitative estimate of drug-likeness (QED) is 0.666. The highest BCUT2D eigenvalue weighted by molar-refractivity contribution is 7.21. The second-order valence-electron chi connectivity index (χ2n) is 8.00. The molecule has 1 atom stereocenters. The maximum absolute atomic E-state index is 14.4. The molecule has 1 aliphatic heterocycles. The van der Waals surface area contributed by atoms with E-state index < -0.39 is 17.7 Å². The van der Waals surface area contributed by atoms with Crippen LogP contribution in [0.2, 0.25) is 0 Å². The van der Waals surface area contributed by atoms with E-state index in [-0.39, 0.29) is 24.6 Å². The van der Waals surface area contributed by atoms with Gasteiger partial charge in [-0.2, -0.15) is 4.98 Å². The largest absolute Gasteiger partial charge is 0.506 e. The summed E-state index contributed by atoms with van der Waals surface area (Å²) >= 11 is 1.26. The summed E-state index contributed by atoms with van der Waals surface area (Å²) in [6.07, 6.45) is 1.23. The standard InChI is InChI=1S/C20H20FN5O3S/c1-10-5-11(2)16(14(27)6-10)26-9-15-17(24-26)23-19(30-15)22-13-8-25(7-12(13)21)18(28)20(29)3-4-20/h5-6,9,12,27,29H,3-4,7-8H2,1-2H3/t12-/m0/s1. The lowest BCUT2D eigenvalue weighted by molar-refractivity contribution is -0.141. The summed E-state index contributed by atoms with van der Waals surface area (Å²) in [7, 11) is 0. The lowest BCUT2D eigenvalue weighted by atomic mass is 10.1. The van der Waals surface area contributed by atoms with Gasteiger partial charge in [-0.3, -0.25) is 4.79 Å². The van der Waals surface area contributed by atoms with Crippen LogP contribution < -0.4 is 0 Å². The van der Waals surface area contributed by atoms with E-state index in [1.54, 1.807) is 16.9 Å². The molecule has 0 unspecified atom stereocenters. The molecule has 2 aromatic heterocycles. The molecule has 3 heterocycles. The van der Waals surface area contributed by atoms with E-state index in [9.17, 15) is 19.4 Å². The van der Waals surface area contributed by atoms with Crippen LogP contribution in [0.3, 0.4) is 0 Å². The molecular formula is C20H20FN5O3S. The first-order chi connectivity index (χ1) is 14.2. The number of nitrogens with zero attached hydrogens (tertiary/aromatic N) is 5. The van der Waals surface area contributed by atoms with Crippen LogP contribution in [-0.2, 0) is 4.79 Å². The molecule has 0 bridgehead atoms. The smallest absolute Gasteiger partial charge is 0.254 e. The number of fused-ring (bicyclic) bond motifs is 1. The molecule has 30 heavy (non-hydrogen) atoms. The Labute approximate surface area is 175 Å². The van der Waals surface area contributed by atoms with Gasteiger partial charge >= 0.3 is 0 Å². The molecule has 8 nitrogen and oxygen atoms in total. The number of carbonyl (C=O) groups excluding carboxylic acids is 1. The predicted molar refractivity (Wildman–Crippen MR) is 111 cm³/mol. The topological polar surface area (TPSA) is 104 Å². The molecule has 156 valence electrons. The number of alkyl halides is 1. The Morgan fingerprint density at radius 2 is 2.13 bits per heavy atom. The highest BCUT2D eigenvalue weighted by Gasteiger charge is 2.52. The number of aromatic hydroxyl groups is 1. The first-order valence-corrected chi connectivity index (χ1v) is 10.5. The molecule has 0 spiro atoms. The van der Waals surface area contributed by atoms with Crippen molar-refractivity contribution in [2.75, 3.05) is 13.1 Å². The van der Waals surface area contributed by atoms with Crippen LogP contribution in [0.5, 0.6) is 5.75 Å². The molecule has 1 saturated carbocycles. The Kier molecular flexibility index (Phi) is 4.19. The first kappa shape index (κ1) is 19.1. The minimum Gasteiger partial charge on any atom is -0.506 e. The number of carbonyl (C=O) groups is 1. The molecule has 1 amide bonds. The monoisotopic (exact) mass is 429 g/mol. The Bertz CT molecular complexity index is 1160. The van der Waals surface area contributed by atoms with Crippen molar-refractivity contribution < 1.29 is 19.4 Å². The van der Waals surface area contributed by atoms with Gasteiger partial charge in [-0.25, -0.2) is 14.1 Å². The van der Waals surface area contributed by atoms with Gasteiger partial charge in [0.15, 0.2) is 11.8 Å². The predicted octanol–water partition coefficient (Wildman–Crippen LogP) is 2.58. The van der Waals surface area contributed by atoms with E-state index in [0.717, 1.165) is 15.8 Å². The molecule has 2 N–H and O–H groups in total. The summed E-state index contributed by atoms with van der Waals surface area (Å²) in [6, 6.07) is 3.64. The average molecular weight is 429 g/mol.